The van der Waals surface area contributed by atoms with E-state index in [0.717, 1.165) is 22.6 Å². The molecule has 0 radical (unpaired) electrons. The Kier molecular flexibility index (Phi) is 7.27. The second-order valence-corrected chi connectivity index (χ2v) is 9.21. The summed E-state index contributed by atoms with van der Waals surface area (Å²) in [5.74, 6) is -0.310. The number of nitrogens with zero attached hydrogens (tertiary/aromatic N) is 3. The number of aryl methyl sites for hydroxylation is 1. The molecule has 0 aliphatic rings. The van der Waals surface area contributed by atoms with E-state index >= 15 is 0 Å². The standard InChI is InChI=1S/C24H28N4O3S/c1-5-27(6-2)32(30,31)22-14-12-20(13-15-22)25-24(29)17-16-23-18(3)26-28(19(23)4)21-10-8-7-9-11-21/h7-17H,5-6H2,1-4H3,(H,25,29)/b17-16+. The lowest BCUT2D eigenvalue weighted by Gasteiger charge is -2.18. The van der Waals surface area contributed by atoms with E-state index < -0.39 is 10.0 Å². The number of sulfonamides is 1. The quantitative estimate of drug-likeness (QED) is 0.520. The van der Waals surface area contributed by atoms with E-state index in [4.69, 9.17) is 0 Å². The van der Waals surface area contributed by atoms with Crippen molar-refractivity contribution in [2.75, 3.05) is 18.4 Å². The molecule has 3 aromatic rings. The van der Waals surface area contributed by atoms with Gasteiger partial charge in [-0.3, -0.25) is 4.79 Å². The molecule has 0 saturated heterocycles. The molecule has 0 unspecified atom stereocenters. The number of carbonyl (C=O) groups excluding carboxylic acids is 1. The lowest BCUT2D eigenvalue weighted by molar-refractivity contribution is -0.111. The molecule has 0 bridgehead atoms. The van der Waals surface area contributed by atoms with Crippen LogP contribution >= 0.6 is 0 Å². The monoisotopic (exact) mass is 452 g/mol. The molecule has 1 N–H and O–H groups in total. The van der Waals surface area contributed by atoms with Gasteiger partial charge >= 0.3 is 0 Å². The van der Waals surface area contributed by atoms with Gasteiger partial charge in [-0.15, -0.1) is 0 Å². The topological polar surface area (TPSA) is 84.3 Å². The fraction of sp³-hybridized carbons (Fsp3) is 0.250. The molecule has 8 heteroatoms. The fourth-order valence-corrected chi connectivity index (χ4v) is 4.94. The zero-order valence-electron chi connectivity index (χ0n) is 18.7. The number of amides is 1. The van der Waals surface area contributed by atoms with Crippen molar-refractivity contribution in [1.29, 1.82) is 0 Å². The molecule has 0 fully saturated rings. The van der Waals surface area contributed by atoms with Crippen molar-refractivity contribution in [3.8, 4) is 5.69 Å². The minimum Gasteiger partial charge on any atom is -0.323 e. The summed E-state index contributed by atoms with van der Waals surface area (Å²) >= 11 is 0. The van der Waals surface area contributed by atoms with Crippen molar-refractivity contribution in [1.82, 2.24) is 14.1 Å². The lowest BCUT2D eigenvalue weighted by atomic mass is 10.2. The van der Waals surface area contributed by atoms with Crippen LogP contribution in [0.25, 0.3) is 11.8 Å². The predicted octanol–water partition coefficient (Wildman–Crippen LogP) is 4.17. The summed E-state index contributed by atoms with van der Waals surface area (Å²) in [6.45, 7) is 8.27. The highest BCUT2D eigenvalue weighted by Crippen LogP contribution is 2.20. The smallest absolute Gasteiger partial charge is 0.248 e. The second-order valence-electron chi connectivity index (χ2n) is 7.27. The molecular weight excluding hydrogens is 424 g/mol. The number of rotatable bonds is 8. The highest BCUT2D eigenvalue weighted by Gasteiger charge is 2.21. The van der Waals surface area contributed by atoms with Gasteiger partial charge in [-0.25, -0.2) is 13.1 Å². The molecule has 1 amide bonds. The van der Waals surface area contributed by atoms with E-state index in [1.165, 1.54) is 22.5 Å². The van der Waals surface area contributed by atoms with E-state index in [9.17, 15) is 13.2 Å². The molecule has 32 heavy (non-hydrogen) atoms. The first-order valence-corrected chi connectivity index (χ1v) is 11.9. The second kappa shape index (κ2) is 9.93. The Morgan fingerprint density at radius 1 is 1.03 bits per heavy atom. The zero-order chi connectivity index (χ0) is 23.3. The van der Waals surface area contributed by atoms with E-state index in [1.807, 2.05) is 48.9 Å². The van der Waals surface area contributed by atoms with Gasteiger partial charge in [0.1, 0.15) is 0 Å². The van der Waals surface area contributed by atoms with Crippen LogP contribution < -0.4 is 5.32 Å². The maximum Gasteiger partial charge on any atom is 0.248 e. The van der Waals surface area contributed by atoms with Crippen LogP contribution in [0.3, 0.4) is 0 Å². The van der Waals surface area contributed by atoms with Gasteiger partial charge in [-0.05, 0) is 56.3 Å². The van der Waals surface area contributed by atoms with Crippen molar-refractivity contribution in [3.63, 3.8) is 0 Å². The van der Waals surface area contributed by atoms with Crippen molar-refractivity contribution >= 4 is 27.7 Å². The van der Waals surface area contributed by atoms with E-state index in [1.54, 1.807) is 32.1 Å². The highest BCUT2D eigenvalue weighted by molar-refractivity contribution is 7.89. The highest BCUT2D eigenvalue weighted by atomic mass is 32.2. The number of carbonyl (C=O) groups is 1. The molecule has 0 aliphatic heterocycles. The lowest BCUT2D eigenvalue weighted by Crippen LogP contribution is -2.30. The summed E-state index contributed by atoms with van der Waals surface area (Å²) < 4.78 is 28.4. The van der Waals surface area contributed by atoms with Crippen LogP contribution in [-0.2, 0) is 14.8 Å². The average Bonchev–Trinajstić information content (AvgIpc) is 3.07. The first-order chi connectivity index (χ1) is 15.3. The molecular formula is C24H28N4O3S. The normalized spacial score (nSPS) is 11.9. The molecule has 0 spiro atoms. The summed E-state index contributed by atoms with van der Waals surface area (Å²) in [5, 5.41) is 7.34. The number of nitrogens with one attached hydrogen (secondary N) is 1. The van der Waals surface area contributed by atoms with Gasteiger partial charge in [0.15, 0.2) is 0 Å². The maximum absolute atomic E-state index is 12.6. The van der Waals surface area contributed by atoms with Gasteiger partial charge in [0.2, 0.25) is 15.9 Å². The molecule has 1 heterocycles. The van der Waals surface area contributed by atoms with Crippen molar-refractivity contribution in [3.05, 3.63) is 77.6 Å². The largest absolute Gasteiger partial charge is 0.323 e. The molecule has 0 aliphatic carbocycles. The third-order valence-corrected chi connectivity index (χ3v) is 7.28. The van der Waals surface area contributed by atoms with E-state index in [0.29, 0.717) is 18.8 Å². The maximum atomic E-state index is 12.6. The number of para-hydroxylation sites is 1. The van der Waals surface area contributed by atoms with Crippen molar-refractivity contribution in [2.45, 2.75) is 32.6 Å². The predicted molar refractivity (Wildman–Crippen MR) is 127 cm³/mol. The average molecular weight is 453 g/mol. The Bertz CT molecular complexity index is 1210. The van der Waals surface area contributed by atoms with Gasteiger partial charge in [-0.2, -0.15) is 9.40 Å². The number of hydrogen-bond donors (Lipinski definition) is 1. The third kappa shape index (κ3) is 4.98. The van der Waals surface area contributed by atoms with Gasteiger partial charge in [0.05, 0.1) is 16.3 Å². The summed E-state index contributed by atoms with van der Waals surface area (Å²) in [6.07, 6.45) is 3.19. The third-order valence-electron chi connectivity index (χ3n) is 5.21. The molecule has 3 rings (SSSR count). The Morgan fingerprint density at radius 2 is 1.66 bits per heavy atom. The Morgan fingerprint density at radius 3 is 2.25 bits per heavy atom. The summed E-state index contributed by atoms with van der Waals surface area (Å²) in [6, 6.07) is 16.0. The summed E-state index contributed by atoms with van der Waals surface area (Å²) in [5.41, 5.74) is 4.11. The Balaban J connectivity index is 1.72. The van der Waals surface area contributed by atoms with Gasteiger partial charge in [0.25, 0.3) is 0 Å². The fourth-order valence-electron chi connectivity index (χ4n) is 3.48. The van der Waals surface area contributed by atoms with Crippen molar-refractivity contribution in [2.24, 2.45) is 0 Å². The van der Waals surface area contributed by atoms with Crippen LogP contribution in [0.2, 0.25) is 0 Å². The number of aromatic nitrogens is 2. The van der Waals surface area contributed by atoms with Crippen LogP contribution in [0.1, 0.15) is 30.8 Å². The molecule has 1 aromatic heterocycles. The SMILES string of the molecule is CCN(CC)S(=O)(=O)c1ccc(NC(=O)/C=C/c2c(C)nn(-c3ccccc3)c2C)cc1. The molecule has 7 nitrogen and oxygen atoms in total. The summed E-state index contributed by atoms with van der Waals surface area (Å²) in [7, 11) is -3.53. The van der Waals surface area contributed by atoms with Crippen LogP contribution in [-0.4, -0.2) is 41.5 Å². The molecule has 168 valence electrons. The minimum absolute atomic E-state index is 0.203. The molecule has 2 aromatic carbocycles. The first kappa shape index (κ1) is 23.4. The van der Waals surface area contributed by atoms with Crippen molar-refractivity contribution < 1.29 is 13.2 Å². The number of anilines is 1. The van der Waals surface area contributed by atoms with E-state index in [-0.39, 0.29) is 10.8 Å². The van der Waals surface area contributed by atoms with Crippen LogP contribution in [0.4, 0.5) is 5.69 Å². The van der Waals surface area contributed by atoms with Gasteiger partial charge < -0.3 is 5.32 Å². The molecule has 0 atom stereocenters. The zero-order valence-corrected chi connectivity index (χ0v) is 19.6. The Labute approximate surface area is 189 Å². The summed E-state index contributed by atoms with van der Waals surface area (Å²) in [4.78, 5) is 12.6. The number of benzene rings is 2. The number of hydrogen-bond acceptors (Lipinski definition) is 4. The van der Waals surface area contributed by atoms with Crippen LogP contribution in [0, 0.1) is 13.8 Å². The Hall–Kier alpha value is -3.23. The van der Waals surface area contributed by atoms with Crippen LogP contribution in [0.15, 0.2) is 65.6 Å². The first-order valence-electron chi connectivity index (χ1n) is 10.5. The van der Waals surface area contributed by atoms with Crippen LogP contribution in [0.5, 0.6) is 0 Å². The minimum atomic E-state index is -3.53. The molecule has 0 saturated carbocycles. The van der Waals surface area contributed by atoms with E-state index in [2.05, 4.69) is 10.4 Å². The van der Waals surface area contributed by atoms with Gasteiger partial charge in [0, 0.05) is 36.1 Å². The van der Waals surface area contributed by atoms with Gasteiger partial charge in [-0.1, -0.05) is 32.0 Å².